The van der Waals surface area contributed by atoms with E-state index in [1.54, 1.807) is 26.0 Å². The van der Waals surface area contributed by atoms with Gasteiger partial charge in [-0.05, 0) is 32.9 Å². The number of urea groups is 1. The number of benzene rings is 1. The average molecular weight is 394 g/mol. The lowest BCUT2D eigenvalue weighted by Crippen LogP contribution is -2.46. The molecular formula is C19H26N2O7. The van der Waals surface area contributed by atoms with Gasteiger partial charge in [0.2, 0.25) is 0 Å². The number of amides is 3. The van der Waals surface area contributed by atoms with E-state index in [-0.39, 0.29) is 6.04 Å². The maximum Gasteiger partial charge on any atom is 0.331 e. The molecule has 0 aliphatic carbocycles. The van der Waals surface area contributed by atoms with E-state index in [2.05, 4.69) is 10.6 Å². The molecule has 3 amide bonds. The van der Waals surface area contributed by atoms with Crippen LogP contribution in [0.2, 0.25) is 0 Å². The molecule has 1 atom stereocenters. The summed E-state index contributed by atoms with van der Waals surface area (Å²) >= 11 is 0. The number of carbonyl (C=O) groups is 3. The molecule has 0 unspecified atom stereocenters. The SMILES string of the molecule is COc1cc(OC)c(OC)cc1/C=C/C(=O)O[C@@H](C)C(=O)NC(=O)NC(C)C. The van der Waals surface area contributed by atoms with Crippen molar-refractivity contribution in [2.75, 3.05) is 21.3 Å². The highest BCUT2D eigenvalue weighted by atomic mass is 16.5. The quantitative estimate of drug-likeness (QED) is 0.511. The minimum atomic E-state index is -1.15. The predicted molar refractivity (Wildman–Crippen MR) is 102 cm³/mol. The first-order valence-electron chi connectivity index (χ1n) is 8.51. The molecule has 0 fully saturated rings. The maximum absolute atomic E-state index is 12.0. The van der Waals surface area contributed by atoms with E-state index in [0.29, 0.717) is 22.8 Å². The van der Waals surface area contributed by atoms with Crippen molar-refractivity contribution >= 4 is 24.0 Å². The van der Waals surface area contributed by atoms with Crippen LogP contribution in [0.15, 0.2) is 18.2 Å². The highest BCUT2D eigenvalue weighted by Crippen LogP contribution is 2.35. The van der Waals surface area contributed by atoms with Gasteiger partial charge in [-0.25, -0.2) is 9.59 Å². The Balaban J connectivity index is 2.78. The summed E-state index contributed by atoms with van der Waals surface area (Å²) in [6, 6.07) is 2.46. The Morgan fingerprint density at radius 2 is 1.50 bits per heavy atom. The van der Waals surface area contributed by atoms with Crippen molar-refractivity contribution in [1.82, 2.24) is 10.6 Å². The fraction of sp³-hybridized carbons (Fsp3) is 0.421. The Morgan fingerprint density at radius 3 is 2.04 bits per heavy atom. The first-order valence-corrected chi connectivity index (χ1v) is 8.51. The van der Waals surface area contributed by atoms with E-state index in [4.69, 9.17) is 18.9 Å². The molecule has 0 spiro atoms. The zero-order valence-electron chi connectivity index (χ0n) is 16.8. The first-order chi connectivity index (χ1) is 13.2. The van der Waals surface area contributed by atoms with Gasteiger partial charge in [0.25, 0.3) is 5.91 Å². The lowest BCUT2D eigenvalue weighted by atomic mass is 10.1. The summed E-state index contributed by atoms with van der Waals surface area (Å²) in [5.41, 5.74) is 0.547. The molecule has 0 saturated heterocycles. The molecule has 0 aliphatic heterocycles. The van der Waals surface area contributed by atoms with Gasteiger partial charge in [0.05, 0.1) is 21.3 Å². The van der Waals surface area contributed by atoms with Crippen molar-refractivity contribution < 1.29 is 33.3 Å². The smallest absolute Gasteiger partial charge is 0.331 e. The van der Waals surface area contributed by atoms with Gasteiger partial charge in [0, 0.05) is 23.7 Å². The second-order valence-corrected chi connectivity index (χ2v) is 5.98. The van der Waals surface area contributed by atoms with Gasteiger partial charge in [-0.1, -0.05) is 0 Å². The molecule has 2 N–H and O–H groups in total. The van der Waals surface area contributed by atoms with Gasteiger partial charge < -0.3 is 24.3 Å². The number of hydrogen-bond donors (Lipinski definition) is 2. The normalized spacial score (nSPS) is 11.7. The minimum Gasteiger partial charge on any atom is -0.496 e. The molecule has 0 saturated carbocycles. The Labute approximate surface area is 164 Å². The molecule has 154 valence electrons. The molecule has 1 rings (SSSR count). The van der Waals surface area contributed by atoms with Crippen molar-refractivity contribution in [3.63, 3.8) is 0 Å². The molecule has 9 nitrogen and oxygen atoms in total. The number of ether oxygens (including phenoxy) is 4. The summed E-state index contributed by atoms with van der Waals surface area (Å²) in [5.74, 6) is -0.102. The highest BCUT2D eigenvalue weighted by molar-refractivity contribution is 5.98. The van der Waals surface area contributed by atoms with Gasteiger partial charge in [0.15, 0.2) is 17.6 Å². The minimum absolute atomic E-state index is 0.134. The Bertz CT molecular complexity index is 744. The number of hydrogen-bond acceptors (Lipinski definition) is 7. The predicted octanol–water partition coefficient (Wildman–Crippen LogP) is 1.89. The molecular weight excluding hydrogens is 368 g/mol. The van der Waals surface area contributed by atoms with Crippen molar-refractivity contribution in [3.05, 3.63) is 23.8 Å². The van der Waals surface area contributed by atoms with Gasteiger partial charge in [0.1, 0.15) is 5.75 Å². The van der Waals surface area contributed by atoms with Crippen LogP contribution in [0.3, 0.4) is 0 Å². The molecule has 1 aromatic rings. The molecule has 0 heterocycles. The van der Waals surface area contributed by atoms with E-state index in [1.165, 1.54) is 34.3 Å². The van der Waals surface area contributed by atoms with E-state index in [0.717, 1.165) is 6.08 Å². The summed E-state index contributed by atoms with van der Waals surface area (Å²) in [5, 5.41) is 4.60. The van der Waals surface area contributed by atoms with Gasteiger partial charge >= 0.3 is 12.0 Å². The molecule has 0 aliphatic rings. The highest BCUT2D eigenvalue weighted by Gasteiger charge is 2.19. The van der Waals surface area contributed by atoms with Crippen LogP contribution in [-0.4, -0.2) is 51.4 Å². The monoisotopic (exact) mass is 394 g/mol. The van der Waals surface area contributed by atoms with Crippen LogP contribution in [-0.2, 0) is 14.3 Å². The standard InChI is InChI=1S/C19H26N2O7/c1-11(2)20-19(24)21-18(23)12(3)28-17(22)8-7-13-9-15(26-5)16(27-6)10-14(13)25-4/h7-12H,1-6H3,(H2,20,21,23,24)/b8-7+/t12-/m0/s1. The van der Waals surface area contributed by atoms with Crippen molar-refractivity contribution in [1.29, 1.82) is 0 Å². The fourth-order valence-corrected chi connectivity index (χ4v) is 2.12. The summed E-state index contributed by atoms with van der Waals surface area (Å²) < 4.78 is 20.7. The van der Waals surface area contributed by atoms with Crippen molar-refractivity contribution in [3.8, 4) is 17.2 Å². The molecule has 0 radical (unpaired) electrons. The molecule has 0 bridgehead atoms. The number of rotatable bonds is 8. The van der Waals surface area contributed by atoms with Crippen LogP contribution < -0.4 is 24.8 Å². The second kappa shape index (κ2) is 10.8. The Morgan fingerprint density at radius 1 is 0.929 bits per heavy atom. The lowest BCUT2D eigenvalue weighted by Gasteiger charge is -2.14. The average Bonchev–Trinajstić information content (AvgIpc) is 2.64. The third kappa shape index (κ3) is 6.82. The van der Waals surface area contributed by atoms with Crippen molar-refractivity contribution in [2.24, 2.45) is 0 Å². The van der Waals surface area contributed by atoms with E-state index in [9.17, 15) is 14.4 Å². The van der Waals surface area contributed by atoms with E-state index < -0.39 is 24.0 Å². The second-order valence-electron chi connectivity index (χ2n) is 5.98. The zero-order valence-corrected chi connectivity index (χ0v) is 16.8. The summed E-state index contributed by atoms with van der Waals surface area (Å²) in [6.07, 6.45) is 1.45. The summed E-state index contributed by atoms with van der Waals surface area (Å²) in [4.78, 5) is 35.4. The van der Waals surface area contributed by atoms with Crippen LogP contribution in [0.1, 0.15) is 26.3 Å². The maximum atomic E-state index is 12.0. The van der Waals surface area contributed by atoms with Crippen LogP contribution in [0, 0.1) is 0 Å². The fourth-order valence-electron chi connectivity index (χ4n) is 2.12. The van der Waals surface area contributed by atoms with Gasteiger partial charge in [-0.15, -0.1) is 0 Å². The number of carbonyl (C=O) groups excluding carboxylic acids is 3. The molecule has 0 aromatic heterocycles. The number of methoxy groups -OCH3 is 3. The number of esters is 1. The number of nitrogens with one attached hydrogen (secondary N) is 2. The summed E-state index contributed by atoms with van der Waals surface area (Å²) in [6.45, 7) is 4.86. The lowest BCUT2D eigenvalue weighted by molar-refractivity contribution is -0.149. The molecule has 1 aromatic carbocycles. The Kier molecular flexibility index (Phi) is 8.80. The summed E-state index contributed by atoms with van der Waals surface area (Å²) in [7, 11) is 4.46. The van der Waals surface area contributed by atoms with E-state index >= 15 is 0 Å². The van der Waals surface area contributed by atoms with E-state index in [1.807, 2.05) is 0 Å². The van der Waals surface area contributed by atoms with Gasteiger partial charge in [-0.2, -0.15) is 0 Å². The van der Waals surface area contributed by atoms with Gasteiger partial charge in [-0.3, -0.25) is 10.1 Å². The van der Waals surface area contributed by atoms with Crippen molar-refractivity contribution in [2.45, 2.75) is 32.9 Å². The third-order valence-corrected chi connectivity index (χ3v) is 3.45. The first kappa shape index (κ1) is 22.8. The van der Waals surface area contributed by atoms with Crippen LogP contribution >= 0.6 is 0 Å². The third-order valence-electron chi connectivity index (χ3n) is 3.45. The molecule has 28 heavy (non-hydrogen) atoms. The Hall–Kier alpha value is -3.23. The van der Waals surface area contributed by atoms with Crippen LogP contribution in [0.5, 0.6) is 17.2 Å². The molecule has 9 heteroatoms. The van der Waals surface area contributed by atoms with Crippen LogP contribution in [0.4, 0.5) is 4.79 Å². The number of imide groups is 1. The van der Waals surface area contributed by atoms with Crippen LogP contribution in [0.25, 0.3) is 6.08 Å². The topological polar surface area (TPSA) is 112 Å². The zero-order chi connectivity index (χ0) is 21.3. The largest absolute Gasteiger partial charge is 0.496 e.